The Kier molecular flexibility index (Phi) is 5.78. The summed E-state index contributed by atoms with van der Waals surface area (Å²) in [5.41, 5.74) is 0.978. The zero-order valence-corrected chi connectivity index (χ0v) is 18.0. The molecule has 0 aromatic heterocycles. The maximum absolute atomic E-state index is 12.9. The normalized spacial score (nSPS) is 31.5. The van der Waals surface area contributed by atoms with Crippen molar-refractivity contribution in [3.8, 4) is 0 Å². The van der Waals surface area contributed by atoms with E-state index < -0.39 is 0 Å². The van der Waals surface area contributed by atoms with Gasteiger partial charge in [0.1, 0.15) is 0 Å². The van der Waals surface area contributed by atoms with E-state index in [0.717, 1.165) is 41.5 Å². The SMILES string of the molecule is CN(C)CCSc1ccc(Cl)c(C(=O)NCC23CC4CC(CC(C4)C2)C3)c1. The lowest BCUT2D eigenvalue weighted by Gasteiger charge is -2.56. The molecule has 1 aromatic rings. The molecule has 148 valence electrons. The summed E-state index contributed by atoms with van der Waals surface area (Å²) < 4.78 is 0. The van der Waals surface area contributed by atoms with Crippen molar-refractivity contribution in [1.29, 1.82) is 0 Å². The molecule has 4 saturated carbocycles. The van der Waals surface area contributed by atoms with E-state index in [9.17, 15) is 4.79 Å². The summed E-state index contributed by atoms with van der Waals surface area (Å²) in [6, 6.07) is 5.83. The number of carbonyl (C=O) groups is 1. The maximum Gasteiger partial charge on any atom is 0.252 e. The molecule has 3 nitrogen and oxygen atoms in total. The second-order valence-corrected chi connectivity index (χ2v) is 11.0. The number of benzene rings is 1. The number of rotatable bonds is 7. The molecule has 4 bridgehead atoms. The number of halogens is 1. The van der Waals surface area contributed by atoms with Gasteiger partial charge in [-0.05, 0) is 94.0 Å². The molecule has 4 aliphatic rings. The van der Waals surface area contributed by atoms with E-state index in [1.165, 1.54) is 38.5 Å². The molecule has 4 aliphatic carbocycles. The van der Waals surface area contributed by atoms with Crippen LogP contribution < -0.4 is 5.32 Å². The summed E-state index contributed by atoms with van der Waals surface area (Å²) in [4.78, 5) is 16.2. The van der Waals surface area contributed by atoms with Crippen molar-refractivity contribution in [2.75, 3.05) is 32.9 Å². The van der Waals surface area contributed by atoms with Crippen molar-refractivity contribution in [2.24, 2.45) is 23.2 Å². The quantitative estimate of drug-likeness (QED) is 0.651. The van der Waals surface area contributed by atoms with Crippen molar-refractivity contribution >= 4 is 29.3 Å². The standard InChI is InChI=1S/C22H31ClN2OS/c1-25(2)5-6-27-18-3-4-20(23)19(10-18)21(26)24-14-22-11-15-7-16(12-22)9-17(8-15)13-22/h3-4,10,15-17H,5-9,11-14H2,1-2H3,(H,24,26). The van der Waals surface area contributed by atoms with Gasteiger partial charge >= 0.3 is 0 Å². The van der Waals surface area contributed by atoms with Crippen LogP contribution in [0.5, 0.6) is 0 Å². The molecule has 5 rings (SSSR count). The van der Waals surface area contributed by atoms with Crippen LogP contribution in [0.2, 0.25) is 5.02 Å². The van der Waals surface area contributed by atoms with Gasteiger partial charge in [0.25, 0.3) is 5.91 Å². The van der Waals surface area contributed by atoms with Crippen LogP contribution in [0.1, 0.15) is 48.9 Å². The van der Waals surface area contributed by atoms with Crippen LogP contribution in [-0.2, 0) is 0 Å². The second kappa shape index (κ2) is 7.96. The first kappa shape index (κ1) is 19.6. The van der Waals surface area contributed by atoms with Gasteiger partial charge in [-0.3, -0.25) is 4.79 Å². The molecule has 5 heteroatoms. The summed E-state index contributed by atoms with van der Waals surface area (Å²) in [6.45, 7) is 1.84. The molecule has 0 atom stereocenters. The molecular weight excluding hydrogens is 376 g/mol. The Morgan fingerprint density at radius 1 is 1.19 bits per heavy atom. The van der Waals surface area contributed by atoms with Gasteiger partial charge in [-0.15, -0.1) is 11.8 Å². The number of hydrogen-bond donors (Lipinski definition) is 1. The number of amides is 1. The minimum atomic E-state index is -0.00851. The first-order chi connectivity index (χ1) is 12.9. The van der Waals surface area contributed by atoms with E-state index >= 15 is 0 Å². The van der Waals surface area contributed by atoms with Crippen molar-refractivity contribution < 1.29 is 4.79 Å². The predicted octanol–water partition coefficient (Wildman–Crippen LogP) is 4.94. The molecule has 1 aromatic carbocycles. The fourth-order valence-corrected chi connectivity index (χ4v) is 7.24. The van der Waals surface area contributed by atoms with Crippen molar-refractivity contribution in [3.63, 3.8) is 0 Å². The molecule has 1 amide bonds. The fourth-order valence-electron chi connectivity index (χ4n) is 5.98. The lowest BCUT2D eigenvalue weighted by molar-refractivity contribution is -0.0503. The Morgan fingerprint density at radius 2 is 1.81 bits per heavy atom. The molecule has 27 heavy (non-hydrogen) atoms. The van der Waals surface area contributed by atoms with Gasteiger partial charge in [-0.2, -0.15) is 0 Å². The van der Waals surface area contributed by atoms with E-state index in [2.05, 4.69) is 24.3 Å². The Balaban J connectivity index is 1.38. The monoisotopic (exact) mass is 406 g/mol. The molecule has 0 radical (unpaired) electrons. The highest BCUT2D eigenvalue weighted by Crippen LogP contribution is 2.59. The minimum absolute atomic E-state index is 0.00851. The zero-order chi connectivity index (χ0) is 19.0. The topological polar surface area (TPSA) is 32.3 Å². The minimum Gasteiger partial charge on any atom is -0.351 e. The van der Waals surface area contributed by atoms with Crippen molar-refractivity contribution in [3.05, 3.63) is 28.8 Å². The average molecular weight is 407 g/mol. The largest absolute Gasteiger partial charge is 0.351 e. The van der Waals surface area contributed by atoms with Crippen LogP contribution in [-0.4, -0.2) is 43.7 Å². The van der Waals surface area contributed by atoms with Crippen LogP contribution in [0.15, 0.2) is 23.1 Å². The fraction of sp³-hybridized carbons (Fsp3) is 0.682. The van der Waals surface area contributed by atoms with E-state index in [-0.39, 0.29) is 5.91 Å². The Bertz CT molecular complexity index is 670. The van der Waals surface area contributed by atoms with Crippen LogP contribution in [0.3, 0.4) is 0 Å². The van der Waals surface area contributed by atoms with Crippen molar-refractivity contribution in [1.82, 2.24) is 10.2 Å². The lowest BCUT2D eigenvalue weighted by Crippen LogP contribution is -2.51. The number of nitrogens with zero attached hydrogens (tertiary/aromatic N) is 1. The van der Waals surface area contributed by atoms with Crippen LogP contribution >= 0.6 is 23.4 Å². The van der Waals surface area contributed by atoms with Crippen LogP contribution in [0, 0.1) is 23.2 Å². The van der Waals surface area contributed by atoms with Crippen molar-refractivity contribution in [2.45, 2.75) is 43.4 Å². The maximum atomic E-state index is 12.9. The zero-order valence-electron chi connectivity index (χ0n) is 16.5. The van der Waals surface area contributed by atoms with Gasteiger partial charge in [0.2, 0.25) is 0 Å². The Hall–Kier alpha value is -0.710. The summed E-state index contributed by atoms with van der Waals surface area (Å²) in [5.74, 6) is 3.73. The molecule has 0 aliphatic heterocycles. The molecule has 1 N–H and O–H groups in total. The lowest BCUT2D eigenvalue weighted by atomic mass is 9.49. The smallest absolute Gasteiger partial charge is 0.252 e. The molecule has 4 fully saturated rings. The number of thioether (sulfide) groups is 1. The Labute approximate surface area is 172 Å². The predicted molar refractivity (Wildman–Crippen MR) is 114 cm³/mol. The third-order valence-corrected chi connectivity index (χ3v) is 8.08. The highest BCUT2D eigenvalue weighted by Gasteiger charge is 2.50. The molecule has 0 saturated heterocycles. The van der Waals surface area contributed by atoms with E-state index in [1.54, 1.807) is 11.8 Å². The summed E-state index contributed by atoms with van der Waals surface area (Å²) in [6.07, 6.45) is 8.25. The van der Waals surface area contributed by atoms with Crippen LogP contribution in [0.4, 0.5) is 0 Å². The average Bonchev–Trinajstić information content (AvgIpc) is 2.60. The van der Waals surface area contributed by atoms with E-state index in [4.69, 9.17) is 11.6 Å². The van der Waals surface area contributed by atoms with Gasteiger partial charge in [-0.25, -0.2) is 0 Å². The highest BCUT2D eigenvalue weighted by atomic mass is 35.5. The van der Waals surface area contributed by atoms with Gasteiger partial charge in [0.05, 0.1) is 10.6 Å². The first-order valence-corrected chi connectivity index (χ1v) is 11.6. The van der Waals surface area contributed by atoms with Gasteiger partial charge in [-0.1, -0.05) is 11.6 Å². The number of carbonyl (C=O) groups excluding carboxylic acids is 1. The molecule has 0 heterocycles. The summed E-state index contributed by atoms with van der Waals surface area (Å²) in [5, 5.41) is 3.81. The van der Waals surface area contributed by atoms with Gasteiger partial charge in [0.15, 0.2) is 0 Å². The second-order valence-electron chi connectivity index (χ2n) is 9.39. The number of nitrogens with one attached hydrogen (secondary N) is 1. The summed E-state index contributed by atoms with van der Waals surface area (Å²) in [7, 11) is 4.15. The van der Waals surface area contributed by atoms with Gasteiger partial charge in [0, 0.05) is 23.7 Å². The highest BCUT2D eigenvalue weighted by molar-refractivity contribution is 7.99. The third kappa shape index (κ3) is 4.49. The van der Waals surface area contributed by atoms with E-state index in [1.807, 2.05) is 18.2 Å². The number of hydrogen-bond acceptors (Lipinski definition) is 3. The summed E-state index contributed by atoms with van der Waals surface area (Å²) >= 11 is 8.13. The van der Waals surface area contributed by atoms with Crippen LogP contribution in [0.25, 0.3) is 0 Å². The molecule has 0 spiro atoms. The van der Waals surface area contributed by atoms with E-state index in [0.29, 0.717) is 16.0 Å². The third-order valence-electron chi connectivity index (χ3n) is 6.78. The van der Waals surface area contributed by atoms with Gasteiger partial charge < -0.3 is 10.2 Å². The first-order valence-electron chi connectivity index (χ1n) is 10.3. The molecule has 0 unspecified atom stereocenters. The Morgan fingerprint density at radius 3 is 2.41 bits per heavy atom. The molecular formula is C22H31ClN2OS.